The predicted octanol–water partition coefficient (Wildman–Crippen LogP) is 2.34. The quantitative estimate of drug-likeness (QED) is 0.661. The highest BCUT2D eigenvalue weighted by Crippen LogP contribution is 2.11. The first-order valence-electron chi connectivity index (χ1n) is 3.61. The van der Waals surface area contributed by atoms with Crippen molar-refractivity contribution in [2.75, 3.05) is 0 Å². The number of hydrogen-bond donors (Lipinski definition) is 1. The molecule has 0 saturated heterocycles. The molecule has 1 rings (SSSR count). The maximum absolute atomic E-state index is 9.04. The maximum Gasteiger partial charge on any atom is 0.115 e. The van der Waals surface area contributed by atoms with Crippen LogP contribution in [0.2, 0.25) is 0 Å². The molecule has 0 aliphatic rings. The zero-order chi connectivity index (χ0) is 7.40. The molecule has 1 nitrogen and oxygen atoms in total. The molecule has 0 fully saturated rings. The summed E-state index contributed by atoms with van der Waals surface area (Å²) in [5.74, 6) is 0.367. The molecule has 1 N–H and O–H groups in total. The fourth-order valence-corrected chi connectivity index (χ4v) is 1.00. The molecule has 10 heavy (non-hydrogen) atoms. The van der Waals surface area contributed by atoms with E-state index in [1.165, 1.54) is 5.56 Å². The van der Waals surface area contributed by atoms with Gasteiger partial charge in [-0.25, -0.2) is 0 Å². The van der Waals surface area contributed by atoms with Gasteiger partial charge in [-0.2, -0.15) is 0 Å². The number of aryl methyl sites for hydroxylation is 1. The van der Waals surface area contributed by atoms with Crippen molar-refractivity contribution in [3.8, 4) is 5.75 Å². The Kier molecular flexibility index (Phi) is 2.32. The van der Waals surface area contributed by atoms with E-state index in [4.69, 9.17) is 5.11 Å². The molecule has 0 radical (unpaired) electrons. The highest BCUT2D eigenvalue weighted by Gasteiger charge is 1.90. The van der Waals surface area contributed by atoms with Crippen LogP contribution in [0.3, 0.4) is 0 Å². The van der Waals surface area contributed by atoms with Crippen molar-refractivity contribution in [2.24, 2.45) is 0 Å². The van der Waals surface area contributed by atoms with Crippen LogP contribution in [0.25, 0.3) is 0 Å². The number of phenols is 1. The van der Waals surface area contributed by atoms with Crippen molar-refractivity contribution in [1.29, 1.82) is 0 Å². The summed E-state index contributed by atoms with van der Waals surface area (Å²) in [5.41, 5.74) is 1.21. The second-order valence-corrected chi connectivity index (χ2v) is 2.42. The summed E-state index contributed by atoms with van der Waals surface area (Å²) in [7, 11) is 0. The minimum atomic E-state index is 0.367. The van der Waals surface area contributed by atoms with Gasteiger partial charge < -0.3 is 5.11 Å². The van der Waals surface area contributed by atoms with Crippen LogP contribution in [0, 0.1) is 0 Å². The number of aromatic hydroxyl groups is 1. The summed E-state index contributed by atoms with van der Waals surface area (Å²) >= 11 is 0. The third-order valence-corrected chi connectivity index (χ3v) is 1.45. The monoisotopic (exact) mass is 136 g/mol. The van der Waals surface area contributed by atoms with Gasteiger partial charge in [0.2, 0.25) is 0 Å². The maximum atomic E-state index is 9.04. The molecule has 0 heterocycles. The molecular weight excluding hydrogens is 124 g/mol. The molecule has 1 aromatic carbocycles. The molecule has 1 heteroatoms. The normalized spacial score (nSPS) is 9.70. The standard InChI is InChI=1S/C9H12O/c1-2-4-8-5-3-6-9(10)7-8/h3,5-7,10H,2,4H2,1H3. The summed E-state index contributed by atoms with van der Waals surface area (Å²) in [4.78, 5) is 0. The lowest BCUT2D eigenvalue weighted by Crippen LogP contribution is -1.80. The van der Waals surface area contributed by atoms with E-state index in [-0.39, 0.29) is 0 Å². The minimum Gasteiger partial charge on any atom is -0.508 e. The molecule has 1 aromatic rings. The van der Waals surface area contributed by atoms with E-state index in [9.17, 15) is 0 Å². The lowest BCUT2D eigenvalue weighted by molar-refractivity contribution is 0.474. The van der Waals surface area contributed by atoms with Gasteiger partial charge in [-0.15, -0.1) is 0 Å². The highest BCUT2D eigenvalue weighted by atomic mass is 16.3. The topological polar surface area (TPSA) is 20.2 Å². The molecule has 0 aliphatic heterocycles. The van der Waals surface area contributed by atoms with Crippen LogP contribution in [0.5, 0.6) is 5.75 Å². The first kappa shape index (κ1) is 7.13. The van der Waals surface area contributed by atoms with Crippen molar-refractivity contribution >= 4 is 0 Å². The van der Waals surface area contributed by atoms with Crippen LogP contribution in [-0.2, 0) is 6.42 Å². The zero-order valence-electron chi connectivity index (χ0n) is 6.17. The van der Waals surface area contributed by atoms with Crippen molar-refractivity contribution in [2.45, 2.75) is 19.8 Å². The first-order valence-corrected chi connectivity index (χ1v) is 3.61. The molecule has 0 aromatic heterocycles. The summed E-state index contributed by atoms with van der Waals surface area (Å²) in [6.45, 7) is 2.13. The number of benzene rings is 1. The van der Waals surface area contributed by atoms with Crippen LogP contribution in [0.15, 0.2) is 24.3 Å². The van der Waals surface area contributed by atoms with E-state index in [2.05, 4.69) is 6.92 Å². The molecule has 54 valence electrons. The Balaban J connectivity index is 2.75. The molecular formula is C9H12O. The van der Waals surface area contributed by atoms with E-state index >= 15 is 0 Å². The Morgan fingerprint density at radius 3 is 2.80 bits per heavy atom. The van der Waals surface area contributed by atoms with Crippen molar-refractivity contribution < 1.29 is 5.11 Å². The number of hydrogen-bond acceptors (Lipinski definition) is 1. The third-order valence-electron chi connectivity index (χ3n) is 1.45. The van der Waals surface area contributed by atoms with Gasteiger partial charge in [-0.1, -0.05) is 25.5 Å². The molecule has 0 saturated carbocycles. The van der Waals surface area contributed by atoms with Gasteiger partial charge >= 0.3 is 0 Å². The van der Waals surface area contributed by atoms with Crippen LogP contribution in [-0.4, -0.2) is 5.11 Å². The average Bonchev–Trinajstić information content (AvgIpc) is 1.88. The number of rotatable bonds is 2. The van der Waals surface area contributed by atoms with Gasteiger partial charge in [0.05, 0.1) is 0 Å². The first-order chi connectivity index (χ1) is 4.83. The van der Waals surface area contributed by atoms with Crippen molar-refractivity contribution in [3.05, 3.63) is 29.8 Å². The second-order valence-electron chi connectivity index (χ2n) is 2.42. The Morgan fingerprint density at radius 2 is 2.20 bits per heavy atom. The SMILES string of the molecule is CCCc1cccc(O)c1. The Morgan fingerprint density at radius 1 is 1.40 bits per heavy atom. The van der Waals surface area contributed by atoms with Gasteiger partial charge in [0.15, 0.2) is 0 Å². The van der Waals surface area contributed by atoms with E-state index in [0.29, 0.717) is 5.75 Å². The van der Waals surface area contributed by atoms with E-state index in [0.717, 1.165) is 12.8 Å². The Bertz CT molecular complexity index is 206. The number of phenolic OH excluding ortho intramolecular Hbond substituents is 1. The molecule has 0 bridgehead atoms. The molecule has 0 aliphatic carbocycles. The second kappa shape index (κ2) is 3.25. The van der Waals surface area contributed by atoms with Crippen LogP contribution in [0.1, 0.15) is 18.9 Å². The van der Waals surface area contributed by atoms with E-state index < -0.39 is 0 Å². The Hall–Kier alpha value is -0.980. The van der Waals surface area contributed by atoms with Gasteiger partial charge in [0.25, 0.3) is 0 Å². The highest BCUT2D eigenvalue weighted by molar-refractivity contribution is 5.26. The van der Waals surface area contributed by atoms with Gasteiger partial charge in [-0.3, -0.25) is 0 Å². The fourth-order valence-electron chi connectivity index (χ4n) is 1.00. The molecule has 0 unspecified atom stereocenters. The fraction of sp³-hybridized carbons (Fsp3) is 0.333. The van der Waals surface area contributed by atoms with E-state index in [1.54, 1.807) is 6.07 Å². The third kappa shape index (κ3) is 1.76. The average molecular weight is 136 g/mol. The summed E-state index contributed by atoms with van der Waals surface area (Å²) < 4.78 is 0. The van der Waals surface area contributed by atoms with Gasteiger partial charge in [-0.05, 0) is 24.1 Å². The summed E-state index contributed by atoms with van der Waals surface area (Å²) in [5, 5.41) is 9.04. The van der Waals surface area contributed by atoms with E-state index in [1.807, 2.05) is 18.2 Å². The van der Waals surface area contributed by atoms with Crippen LogP contribution >= 0.6 is 0 Å². The van der Waals surface area contributed by atoms with Gasteiger partial charge in [0.1, 0.15) is 5.75 Å². The van der Waals surface area contributed by atoms with Crippen LogP contribution < -0.4 is 0 Å². The van der Waals surface area contributed by atoms with Crippen LogP contribution in [0.4, 0.5) is 0 Å². The lowest BCUT2D eigenvalue weighted by atomic mass is 10.1. The molecule has 0 atom stereocenters. The largest absolute Gasteiger partial charge is 0.508 e. The summed E-state index contributed by atoms with van der Waals surface area (Å²) in [6.07, 6.45) is 2.18. The minimum absolute atomic E-state index is 0.367. The Labute approximate surface area is 61.3 Å². The zero-order valence-corrected chi connectivity index (χ0v) is 6.17. The smallest absolute Gasteiger partial charge is 0.115 e. The predicted molar refractivity (Wildman–Crippen MR) is 42.1 cm³/mol. The molecule has 0 spiro atoms. The van der Waals surface area contributed by atoms with Crippen molar-refractivity contribution in [1.82, 2.24) is 0 Å². The lowest BCUT2D eigenvalue weighted by Gasteiger charge is -1.97. The van der Waals surface area contributed by atoms with Gasteiger partial charge in [0, 0.05) is 0 Å². The van der Waals surface area contributed by atoms with Crippen molar-refractivity contribution in [3.63, 3.8) is 0 Å². The summed E-state index contributed by atoms with van der Waals surface area (Å²) in [6, 6.07) is 7.41. The molecule has 0 amide bonds.